The van der Waals surface area contributed by atoms with Crippen LogP contribution in [0.2, 0.25) is 0 Å². The zero-order valence-corrected chi connectivity index (χ0v) is 9.63. The molecule has 0 N–H and O–H groups in total. The topological polar surface area (TPSA) is 0 Å². The minimum atomic E-state index is -3.13. The van der Waals surface area contributed by atoms with E-state index in [-0.39, 0.29) is 6.08 Å². The van der Waals surface area contributed by atoms with Gasteiger partial charge in [-0.1, -0.05) is 0 Å². The molecule has 0 bridgehead atoms. The Kier molecular flexibility index (Phi) is 3.77. The van der Waals surface area contributed by atoms with Gasteiger partial charge < -0.3 is 0 Å². The van der Waals surface area contributed by atoms with Crippen molar-refractivity contribution in [1.29, 1.82) is 0 Å². The van der Waals surface area contributed by atoms with E-state index < -0.39 is 64.2 Å². The Morgan fingerprint density at radius 2 is 1.10 bits per heavy atom. The summed E-state index contributed by atoms with van der Waals surface area (Å²) >= 11 is 0. The molecule has 1 aliphatic rings. The average molecular weight is 318 g/mol. The van der Waals surface area contributed by atoms with Crippen molar-refractivity contribution in [3.05, 3.63) is 58.2 Å². The lowest BCUT2D eigenvalue weighted by Crippen LogP contribution is -2.23. The molecule has 21 heavy (non-hydrogen) atoms. The third-order valence-electron chi connectivity index (χ3n) is 2.88. The minimum Gasteiger partial charge on any atom is -0.239 e. The van der Waals surface area contributed by atoms with E-state index >= 15 is 0 Å². The summed E-state index contributed by atoms with van der Waals surface area (Å²) in [4.78, 5) is 0. The van der Waals surface area contributed by atoms with Crippen LogP contribution in [0.25, 0.3) is 0 Å². The van der Waals surface area contributed by atoms with Crippen LogP contribution in [0.4, 0.5) is 39.5 Å². The monoisotopic (exact) mass is 318 g/mol. The highest BCUT2D eigenvalue weighted by atomic mass is 19.2. The number of hydrogen-bond donors (Lipinski definition) is 0. The highest BCUT2D eigenvalue weighted by molar-refractivity contribution is 5.41. The molecular formula is C12H3F9. The first-order valence-corrected chi connectivity index (χ1v) is 5.26. The van der Waals surface area contributed by atoms with Crippen LogP contribution >= 0.6 is 0 Å². The highest BCUT2D eigenvalue weighted by Gasteiger charge is 2.42. The Hall–Kier alpha value is -1.93. The Bertz CT molecular complexity index is 645. The lowest BCUT2D eigenvalue weighted by atomic mass is 9.87. The molecule has 0 aliphatic heterocycles. The average Bonchev–Trinajstić information content (AvgIpc) is 2.44. The molecule has 2 rings (SSSR count). The zero-order valence-electron chi connectivity index (χ0n) is 9.63. The number of hydrogen-bond acceptors (Lipinski definition) is 0. The molecule has 0 heterocycles. The van der Waals surface area contributed by atoms with Crippen molar-refractivity contribution in [2.24, 2.45) is 0 Å². The maximum Gasteiger partial charge on any atom is 0.200 e. The van der Waals surface area contributed by atoms with Crippen molar-refractivity contribution in [2.75, 3.05) is 0 Å². The van der Waals surface area contributed by atoms with E-state index in [0.717, 1.165) is 0 Å². The summed E-state index contributed by atoms with van der Waals surface area (Å²) in [7, 11) is 0. The van der Waals surface area contributed by atoms with Crippen molar-refractivity contribution in [2.45, 2.75) is 12.1 Å². The van der Waals surface area contributed by atoms with Crippen LogP contribution in [0.15, 0.2) is 23.6 Å². The first-order valence-electron chi connectivity index (χ1n) is 5.26. The molecule has 114 valence electrons. The van der Waals surface area contributed by atoms with Gasteiger partial charge in [-0.3, -0.25) is 0 Å². The van der Waals surface area contributed by atoms with Crippen molar-refractivity contribution >= 4 is 0 Å². The summed E-state index contributed by atoms with van der Waals surface area (Å²) in [5, 5.41) is 0. The molecule has 0 amide bonds. The van der Waals surface area contributed by atoms with Crippen molar-refractivity contribution in [3.8, 4) is 0 Å². The van der Waals surface area contributed by atoms with E-state index in [1.807, 2.05) is 0 Å². The number of halogens is 9. The third kappa shape index (κ3) is 2.20. The van der Waals surface area contributed by atoms with Crippen LogP contribution in [-0.4, -0.2) is 6.17 Å². The predicted octanol–water partition coefficient (Wildman–Crippen LogP) is 4.82. The van der Waals surface area contributed by atoms with Gasteiger partial charge in [0.25, 0.3) is 0 Å². The van der Waals surface area contributed by atoms with Gasteiger partial charge in [-0.15, -0.1) is 0 Å². The number of rotatable bonds is 1. The first-order chi connectivity index (χ1) is 9.68. The lowest BCUT2D eigenvalue weighted by Gasteiger charge is -2.23. The molecule has 0 saturated heterocycles. The van der Waals surface area contributed by atoms with E-state index in [4.69, 9.17) is 0 Å². The molecule has 0 nitrogen and oxygen atoms in total. The van der Waals surface area contributed by atoms with Gasteiger partial charge >= 0.3 is 0 Å². The summed E-state index contributed by atoms with van der Waals surface area (Å²) in [6, 6.07) is 0. The summed E-state index contributed by atoms with van der Waals surface area (Å²) < 4.78 is 119. The molecule has 2 unspecified atom stereocenters. The van der Waals surface area contributed by atoms with Gasteiger partial charge in [0, 0.05) is 11.6 Å². The molecule has 0 aromatic heterocycles. The van der Waals surface area contributed by atoms with E-state index in [1.54, 1.807) is 0 Å². The first kappa shape index (κ1) is 15.5. The molecule has 0 radical (unpaired) electrons. The molecule has 9 heteroatoms. The summed E-state index contributed by atoms with van der Waals surface area (Å²) in [6.45, 7) is 0. The predicted molar refractivity (Wildman–Crippen MR) is 52.3 cm³/mol. The summed E-state index contributed by atoms with van der Waals surface area (Å²) in [6.07, 6.45) is -3.35. The Morgan fingerprint density at radius 3 is 1.57 bits per heavy atom. The summed E-state index contributed by atoms with van der Waals surface area (Å²) in [5.41, 5.74) is -1.98. The largest absolute Gasteiger partial charge is 0.239 e. The molecule has 0 fully saturated rings. The maximum atomic E-state index is 13.5. The van der Waals surface area contributed by atoms with Crippen LogP contribution in [0.5, 0.6) is 0 Å². The molecule has 0 saturated carbocycles. The van der Waals surface area contributed by atoms with Crippen LogP contribution in [0, 0.1) is 29.1 Å². The van der Waals surface area contributed by atoms with Crippen LogP contribution < -0.4 is 0 Å². The summed E-state index contributed by atoms with van der Waals surface area (Å²) in [5.74, 6) is -21.7. The lowest BCUT2D eigenvalue weighted by molar-refractivity contribution is 0.251. The van der Waals surface area contributed by atoms with Gasteiger partial charge in [0.05, 0.1) is 5.92 Å². The molecule has 1 aliphatic carbocycles. The second-order valence-electron chi connectivity index (χ2n) is 4.09. The van der Waals surface area contributed by atoms with Crippen molar-refractivity contribution < 1.29 is 39.5 Å². The number of alkyl halides is 1. The van der Waals surface area contributed by atoms with E-state index in [9.17, 15) is 39.5 Å². The second kappa shape index (κ2) is 5.12. The zero-order chi connectivity index (χ0) is 16.1. The van der Waals surface area contributed by atoms with Gasteiger partial charge in [-0.05, 0) is 0 Å². The number of allylic oxidation sites excluding steroid dienone is 4. The van der Waals surface area contributed by atoms with E-state index in [2.05, 4.69) is 0 Å². The van der Waals surface area contributed by atoms with Gasteiger partial charge in [0.2, 0.25) is 5.82 Å². The normalized spacial score (nSPS) is 22.6. The van der Waals surface area contributed by atoms with Gasteiger partial charge in [0.15, 0.2) is 35.3 Å². The Labute approximate surface area is 111 Å². The fraction of sp³-hybridized carbons (Fsp3) is 0.167. The number of benzene rings is 1. The fourth-order valence-electron chi connectivity index (χ4n) is 1.87. The van der Waals surface area contributed by atoms with E-state index in [0.29, 0.717) is 0 Å². The van der Waals surface area contributed by atoms with Gasteiger partial charge in [0.1, 0.15) is 11.7 Å². The standard InChI is InChI=1S/C12H3F9/c13-2-1-3(14)7(16)4(6(2)15)5-8(17)10(19)12(21)11(20)9(5)18/h1,4,6H. The minimum absolute atomic E-state index is 0.220. The SMILES string of the molecule is FC1=CC(F)=C(F)C(c2c(F)c(F)c(F)c(F)c2F)C1F. The van der Waals surface area contributed by atoms with E-state index in [1.165, 1.54) is 0 Å². The smallest absolute Gasteiger partial charge is 0.200 e. The Balaban J connectivity index is 2.76. The van der Waals surface area contributed by atoms with Gasteiger partial charge in [-0.2, -0.15) is 0 Å². The Morgan fingerprint density at radius 1 is 0.667 bits per heavy atom. The highest BCUT2D eigenvalue weighted by Crippen LogP contribution is 2.43. The fourth-order valence-corrected chi connectivity index (χ4v) is 1.87. The third-order valence-corrected chi connectivity index (χ3v) is 2.88. The molecule has 2 atom stereocenters. The quantitative estimate of drug-likeness (QED) is 0.395. The molecule has 1 aromatic rings. The van der Waals surface area contributed by atoms with Crippen LogP contribution in [-0.2, 0) is 0 Å². The van der Waals surface area contributed by atoms with Gasteiger partial charge in [-0.25, -0.2) is 39.5 Å². The molecule has 1 aromatic carbocycles. The van der Waals surface area contributed by atoms with Crippen LogP contribution in [0.3, 0.4) is 0 Å². The maximum absolute atomic E-state index is 13.5. The second-order valence-corrected chi connectivity index (χ2v) is 4.09. The van der Waals surface area contributed by atoms with Crippen molar-refractivity contribution in [1.82, 2.24) is 0 Å². The molecular weight excluding hydrogens is 315 g/mol. The molecule has 0 spiro atoms. The van der Waals surface area contributed by atoms with Crippen molar-refractivity contribution in [3.63, 3.8) is 0 Å². The van der Waals surface area contributed by atoms with Crippen LogP contribution in [0.1, 0.15) is 11.5 Å².